The van der Waals surface area contributed by atoms with Gasteiger partial charge in [-0.1, -0.05) is 11.6 Å². The van der Waals surface area contributed by atoms with E-state index in [1.165, 1.54) is 37.3 Å². The first-order valence-electron chi connectivity index (χ1n) is 6.66. The van der Waals surface area contributed by atoms with Crippen LogP contribution in [0.25, 0.3) is 0 Å². The third-order valence-corrected chi connectivity index (χ3v) is 3.19. The van der Waals surface area contributed by atoms with Crippen molar-refractivity contribution in [1.29, 1.82) is 0 Å². The molecule has 0 unspecified atom stereocenters. The summed E-state index contributed by atoms with van der Waals surface area (Å²) in [5, 5.41) is 12.0. The Balaban J connectivity index is 1.92. The molecule has 5 nitrogen and oxygen atoms in total. The van der Waals surface area contributed by atoms with Gasteiger partial charge in [0.15, 0.2) is 5.69 Å². The first-order valence-corrected chi connectivity index (χ1v) is 6.66. The number of hydrogen-bond donors (Lipinski definition) is 2. The maximum Gasteiger partial charge on any atom is 0.354 e. The molecule has 1 aromatic rings. The van der Waals surface area contributed by atoms with Crippen LogP contribution in [0, 0.1) is 6.92 Å². The Kier molecular flexibility index (Phi) is 4.49. The van der Waals surface area contributed by atoms with Crippen molar-refractivity contribution in [2.24, 2.45) is 0 Å². The predicted molar refractivity (Wildman–Crippen MR) is 73.4 cm³/mol. The molecular formula is C14H19N3O2. The van der Waals surface area contributed by atoms with Crippen molar-refractivity contribution < 1.29 is 9.90 Å². The number of anilines is 1. The van der Waals surface area contributed by atoms with Crippen molar-refractivity contribution in [2.45, 2.75) is 39.0 Å². The van der Waals surface area contributed by atoms with Gasteiger partial charge in [0, 0.05) is 12.2 Å². The van der Waals surface area contributed by atoms with Gasteiger partial charge in [-0.25, -0.2) is 14.8 Å². The standard InChI is InChI=1S/C14H19N3O2/c1-10-9-12(13(18)19)17-14(16-10)15-8-7-11-5-3-2-4-6-11/h5,9H,2-4,6-8H2,1H3,(H,18,19)(H,15,16,17). The number of carboxylic acids is 1. The number of hydrogen-bond acceptors (Lipinski definition) is 4. The van der Waals surface area contributed by atoms with E-state index in [1.807, 2.05) is 0 Å². The summed E-state index contributed by atoms with van der Waals surface area (Å²) in [4.78, 5) is 19.1. The van der Waals surface area contributed by atoms with E-state index >= 15 is 0 Å². The molecule has 0 amide bonds. The van der Waals surface area contributed by atoms with Crippen molar-refractivity contribution in [3.63, 3.8) is 0 Å². The Hall–Kier alpha value is -1.91. The van der Waals surface area contributed by atoms with Crippen molar-refractivity contribution in [3.05, 3.63) is 29.1 Å². The molecule has 1 aromatic heterocycles. The molecule has 1 heterocycles. The van der Waals surface area contributed by atoms with Gasteiger partial charge in [0.1, 0.15) is 0 Å². The Morgan fingerprint density at radius 2 is 2.26 bits per heavy atom. The number of nitrogens with zero attached hydrogens (tertiary/aromatic N) is 2. The van der Waals surface area contributed by atoms with Crippen LogP contribution in [0.3, 0.4) is 0 Å². The van der Waals surface area contributed by atoms with Gasteiger partial charge in [-0.3, -0.25) is 0 Å². The average molecular weight is 261 g/mol. The predicted octanol–water partition coefficient (Wildman–Crippen LogP) is 2.79. The maximum absolute atomic E-state index is 10.9. The highest BCUT2D eigenvalue weighted by Crippen LogP contribution is 2.19. The second-order valence-corrected chi connectivity index (χ2v) is 4.81. The van der Waals surface area contributed by atoms with Gasteiger partial charge in [-0.15, -0.1) is 0 Å². The summed E-state index contributed by atoms with van der Waals surface area (Å²) in [7, 11) is 0. The number of carboxylic acid groups (broad SMARTS) is 1. The topological polar surface area (TPSA) is 75.1 Å². The van der Waals surface area contributed by atoms with Crippen LogP contribution >= 0.6 is 0 Å². The zero-order valence-electron chi connectivity index (χ0n) is 11.1. The van der Waals surface area contributed by atoms with Crippen LogP contribution in [0.2, 0.25) is 0 Å². The number of nitrogens with one attached hydrogen (secondary N) is 1. The first-order chi connectivity index (χ1) is 9.15. The monoisotopic (exact) mass is 261 g/mol. The van der Waals surface area contributed by atoms with E-state index in [-0.39, 0.29) is 5.69 Å². The lowest BCUT2D eigenvalue weighted by Crippen LogP contribution is -2.11. The summed E-state index contributed by atoms with van der Waals surface area (Å²) < 4.78 is 0. The molecule has 0 spiro atoms. The molecule has 0 radical (unpaired) electrons. The van der Waals surface area contributed by atoms with Crippen LogP contribution < -0.4 is 5.32 Å². The summed E-state index contributed by atoms with van der Waals surface area (Å²) in [6.07, 6.45) is 8.21. The van der Waals surface area contributed by atoms with Crippen molar-refractivity contribution in [2.75, 3.05) is 11.9 Å². The van der Waals surface area contributed by atoms with Crippen molar-refractivity contribution in [1.82, 2.24) is 9.97 Å². The molecule has 0 bridgehead atoms. The summed E-state index contributed by atoms with van der Waals surface area (Å²) in [6, 6.07) is 1.47. The Bertz CT molecular complexity index is 497. The molecule has 1 aliphatic rings. The zero-order chi connectivity index (χ0) is 13.7. The van der Waals surface area contributed by atoms with E-state index in [0.29, 0.717) is 11.6 Å². The smallest absolute Gasteiger partial charge is 0.354 e. The SMILES string of the molecule is Cc1cc(C(=O)O)nc(NCCC2=CCCCC2)n1. The molecule has 0 fully saturated rings. The minimum absolute atomic E-state index is 0.0341. The Morgan fingerprint density at radius 1 is 1.42 bits per heavy atom. The molecule has 19 heavy (non-hydrogen) atoms. The van der Waals surface area contributed by atoms with Gasteiger partial charge in [-0.2, -0.15) is 0 Å². The van der Waals surface area contributed by atoms with Crippen LogP contribution in [0.5, 0.6) is 0 Å². The molecule has 0 saturated carbocycles. The average Bonchev–Trinajstić information content (AvgIpc) is 2.39. The number of aromatic carboxylic acids is 1. The zero-order valence-corrected chi connectivity index (χ0v) is 11.1. The van der Waals surface area contributed by atoms with Gasteiger partial charge in [0.2, 0.25) is 5.95 Å². The van der Waals surface area contributed by atoms with Crippen LogP contribution in [-0.4, -0.2) is 27.6 Å². The lowest BCUT2D eigenvalue weighted by atomic mass is 9.97. The number of rotatable bonds is 5. The van der Waals surface area contributed by atoms with Crippen molar-refractivity contribution in [3.8, 4) is 0 Å². The highest BCUT2D eigenvalue weighted by molar-refractivity contribution is 5.85. The number of aromatic nitrogens is 2. The second kappa shape index (κ2) is 6.31. The molecule has 0 aliphatic heterocycles. The van der Waals surface area contributed by atoms with Crippen LogP contribution in [0.4, 0.5) is 5.95 Å². The molecule has 1 aliphatic carbocycles. The summed E-state index contributed by atoms with van der Waals surface area (Å²) >= 11 is 0. The summed E-state index contributed by atoms with van der Waals surface area (Å²) in [5.41, 5.74) is 2.17. The molecule has 0 saturated heterocycles. The van der Waals surface area contributed by atoms with E-state index in [4.69, 9.17) is 5.11 Å². The van der Waals surface area contributed by atoms with E-state index in [1.54, 1.807) is 6.92 Å². The lowest BCUT2D eigenvalue weighted by molar-refractivity contribution is 0.0690. The van der Waals surface area contributed by atoms with Crippen LogP contribution in [0.1, 0.15) is 48.3 Å². The lowest BCUT2D eigenvalue weighted by Gasteiger charge is -2.13. The fourth-order valence-corrected chi connectivity index (χ4v) is 2.22. The number of aryl methyl sites for hydroxylation is 1. The molecule has 2 N–H and O–H groups in total. The first kappa shape index (κ1) is 13.5. The highest BCUT2D eigenvalue weighted by atomic mass is 16.4. The van der Waals surface area contributed by atoms with Crippen LogP contribution in [-0.2, 0) is 0 Å². The molecule has 2 rings (SSSR count). The fourth-order valence-electron chi connectivity index (χ4n) is 2.22. The minimum atomic E-state index is -1.02. The maximum atomic E-state index is 10.9. The van der Waals surface area contributed by atoms with Crippen LogP contribution in [0.15, 0.2) is 17.7 Å². The van der Waals surface area contributed by atoms with E-state index in [0.717, 1.165) is 13.0 Å². The van der Waals surface area contributed by atoms with Gasteiger partial charge in [0.25, 0.3) is 0 Å². The van der Waals surface area contributed by atoms with Gasteiger partial charge in [0.05, 0.1) is 0 Å². The third kappa shape index (κ3) is 4.05. The summed E-state index contributed by atoms with van der Waals surface area (Å²) in [5.74, 6) is -0.627. The largest absolute Gasteiger partial charge is 0.477 e. The third-order valence-electron chi connectivity index (χ3n) is 3.19. The van der Waals surface area contributed by atoms with Gasteiger partial charge < -0.3 is 10.4 Å². The second-order valence-electron chi connectivity index (χ2n) is 4.81. The Labute approximate surface area is 112 Å². The summed E-state index contributed by atoms with van der Waals surface area (Å²) in [6.45, 7) is 2.51. The van der Waals surface area contributed by atoms with Crippen molar-refractivity contribution >= 4 is 11.9 Å². The highest BCUT2D eigenvalue weighted by Gasteiger charge is 2.09. The number of allylic oxidation sites excluding steroid dienone is 1. The fraction of sp³-hybridized carbons (Fsp3) is 0.500. The van der Waals surface area contributed by atoms with Gasteiger partial charge >= 0.3 is 5.97 Å². The molecular weight excluding hydrogens is 242 g/mol. The number of carbonyl (C=O) groups is 1. The quantitative estimate of drug-likeness (QED) is 0.797. The minimum Gasteiger partial charge on any atom is -0.477 e. The normalized spacial score (nSPS) is 14.9. The van der Waals surface area contributed by atoms with Gasteiger partial charge in [-0.05, 0) is 45.1 Å². The molecule has 0 atom stereocenters. The Morgan fingerprint density at radius 3 is 2.95 bits per heavy atom. The molecule has 102 valence electrons. The van der Waals surface area contributed by atoms with E-state index < -0.39 is 5.97 Å². The van der Waals surface area contributed by atoms with E-state index in [9.17, 15) is 4.79 Å². The molecule has 0 aromatic carbocycles. The van der Waals surface area contributed by atoms with E-state index in [2.05, 4.69) is 21.4 Å². The molecule has 5 heteroatoms.